The van der Waals surface area contributed by atoms with Gasteiger partial charge in [0, 0.05) is 0 Å². The SMILES string of the molecule is CCCCN1CC[O][Sn]([CH3])([O]C(C)C)[O]CC1. The van der Waals surface area contributed by atoms with E-state index in [2.05, 4.69) is 16.8 Å². The van der Waals surface area contributed by atoms with Gasteiger partial charge in [0.25, 0.3) is 0 Å². The van der Waals surface area contributed by atoms with Gasteiger partial charge in [-0.3, -0.25) is 0 Å². The molecule has 0 aromatic heterocycles. The fourth-order valence-electron chi connectivity index (χ4n) is 1.98. The molecule has 17 heavy (non-hydrogen) atoms. The molecule has 0 unspecified atom stereocenters. The Labute approximate surface area is 111 Å². The first-order chi connectivity index (χ1) is 8.06. The molecule has 5 heteroatoms. The molecule has 1 fully saturated rings. The van der Waals surface area contributed by atoms with Gasteiger partial charge in [-0.15, -0.1) is 0 Å². The molecular weight excluding hydrogens is 325 g/mol. The Morgan fingerprint density at radius 2 is 1.82 bits per heavy atom. The van der Waals surface area contributed by atoms with Gasteiger partial charge in [0.2, 0.25) is 0 Å². The van der Waals surface area contributed by atoms with Crippen LogP contribution in [-0.2, 0) is 9.22 Å². The maximum atomic E-state index is 5.92. The predicted octanol–water partition coefficient (Wildman–Crippen LogP) is 2.13. The van der Waals surface area contributed by atoms with Gasteiger partial charge < -0.3 is 0 Å². The third kappa shape index (κ3) is 6.38. The zero-order chi connectivity index (χ0) is 12.7. The second kappa shape index (κ2) is 7.94. The van der Waals surface area contributed by atoms with Crippen molar-refractivity contribution in [2.45, 2.75) is 44.7 Å². The van der Waals surface area contributed by atoms with E-state index in [9.17, 15) is 0 Å². The average molecular weight is 352 g/mol. The second-order valence-electron chi connectivity index (χ2n) is 4.92. The van der Waals surface area contributed by atoms with E-state index in [1.165, 1.54) is 12.8 Å². The first-order valence-electron chi connectivity index (χ1n) is 6.74. The predicted molar refractivity (Wildman–Crippen MR) is 71.1 cm³/mol. The minimum atomic E-state index is -3.14. The molecule has 0 spiro atoms. The Morgan fingerprint density at radius 1 is 1.24 bits per heavy atom. The summed E-state index contributed by atoms with van der Waals surface area (Å²) in [5.41, 5.74) is 0. The van der Waals surface area contributed by atoms with Gasteiger partial charge in [0.1, 0.15) is 0 Å². The van der Waals surface area contributed by atoms with Crippen molar-refractivity contribution in [1.29, 1.82) is 0 Å². The molecule has 1 rings (SSSR count). The van der Waals surface area contributed by atoms with Crippen LogP contribution in [0.25, 0.3) is 0 Å². The van der Waals surface area contributed by atoms with Crippen LogP contribution in [0.2, 0.25) is 4.94 Å². The zero-order valence-corrected chi connectivity index (χ0v) is 14.6. The number of rotatable bonds is 5. The average Bonchev–Trinajstić information content (AvgIpc) is 2.21. The number of unbranched alkanes of at least 4 members (excludes halogenated alkanes) is 1. The quantitative estimate of drug-likeness (QED) is 0.710. The summed E-state index contributed by atoms with van der Waals surface area (Å²) in [5.74, 6) is 0. The van der Waals surface area contributed by atoms with Crippen LogP contribution in [0.3, 0.4) is 0 Å². The molecule has 0 radical (unpaired) electrons. The van der Waals surface area contributed by atoms with Crippen LogP contribution in [0.4, 0.5) is 0 Å². The summed E-state index contributed by atoms with van der Waals surface area (Å²) in [7, 11) is 0. The maximum absolute atomic E-state index is 5.92. The Morgan fingerprint density at radius 3 is 2.29 bits per heavy atom. The van der Waals surface area contributed by atoms with Crippen molar-refractivity contribution < 1.29 is 9.22 Å². The molecule has 1 saturated heterocycles. The van der Waals surface area contributed by atoms with Crippen molar-refractivity contribution in [3.05, 3.63) is 0 Å². The van der Waals surface area contributed by atoms with Crippen molar-refractivity contribution in [2.75, 3.05) is 32.8 Å². The van der Waals surface area contributed by atoms with Gasteiger partial charge in [0.05, 0.1) is 0 Å². The molecule has 0 aromatic carbocycles. The van der Waals surface area contributed by atoms with E-state index in [0.29, 0.717) is 0 Å². The summed E-state index contributed by atoms with van der Waals surface area (Å²) in [4.78, 5) is 4.49. The van der Waals surface area contributed by atoms with Crippen LogP contribution in [0.1, 0.15) is 33.6 Å². The Kier molecular flexibility index (Phi) is 7.33. The second-order valence-corrected chi connectivity index (χ2v) is 12.2. The number of hydrogen-bond acceptors (Lipinski definition) is 4. The third-order valence-electron chi connectivity index (χ3n) is 2.82. The van der Waals surface area contributed by atoms with Gasteiger partial charge in [-0.25, -0.2) is 0 Å². The standard InChI is InChI=1S/C8H17NO2.C3H7O.CH3.Sn/c1-2-3-4-9(5-7-10)6-8-11;1-3(2)4;;/h2-8H2,1H3;3H,1-2H3;1H3;/q-2;-1;;+3. The summed E-state index contributed by atoms with van der Waals surface area (Å²) in [6, 6.07) is 0. The molecule has 102 valence electrons. The molecular formula is C12H27NO3Sn. The van der Waals surface area contributed by atoms with E-state index < -0.39 is 19.6 Å². The van der Waals surface area contributed by atoms with Crippen molar-refractivity contribution in [3.63, 3.8) is 0 Å². The molecule has 0 bridgehead atoms. The van der Waals surface area contributed by atoms with E-state index in [4.69, 9.17) is 9.22 Å². The first-order valence-corrected chi connectivity index (χ1v) is 13.1. The van der Waals surface area contributed by atoms with E-state index in [-0.39, 0.29) is 6.10 Å². The van der Waals surface area contributed by atoms with E-state index in [1.54, 1.807) is 0 Å². The van der Waals surface area contributed by atoms with Crippen molar-refractivity contribution in [3.8, 4) is 0 Å². The first kappa shape index (κ1) is 15.7. The Balaban J connectivity index is 2.35. The third-order valence-corrected chi connectivity index (χ3v) is 9.55. The number of nitrogens with zero attached hydrogens (tertiary/aromatic N) is 1. The van der Waals surface area contributed by atoms with Gasteiger partial charge in [-0.1, -0.05) is 0 Å². The van der Waals surface area contributed by atoms with Crippen LogP contribution in [0, 0.1) is 0 Å². The van der Waals surface area contributed by atoms with Gasteiger partial charge in [0.15, 0.2) is 0 Å². The fraction of sp³-hybridized carbons (Fsp3) is 1.00. The molecule has 0 aromatic rings. The minimum absolute atomic E-state index is 0.200. The topological polar surface area (TPSA) is 30.9 Å². The van der Waals surface area contributed by atoms with Crippen LogP contribution >= 0.6 is 0 Å². The van der Waals surface area contributed by atoms with Crippen molar-refractivity contribution in [2.24, 2.45) is 0 Å². The Hall–Kier alpha value is 0.639. The van der Waals surface area contributed by atoms with E-state index >= 15 is 0 Å². The molecule has 0 atom stereocenters. The molecule has 1 aliphatic heterocycles. The van der Waals surface area contributed by atoms with E-state index in [1.807, 2.05) is 13.8 Å². The summed E-state index contributed by atoms with van der Waals surface area (Å²) in [6.45, 7) is 11.0. The fourth-order valence-corrected chi connectivity index (χ4v) is 7.68. The molecule has 4 nitrogen and oxygen atoms in total. The van der Waals surface area contributed by atoms with E-state index in [0.717, 1.165) is 32.8 Å². The molecule has 1 heterocycles. The van der Waals surface area contributed by atoms with Crippen molar-refractivity contribution in [1.82, 2.24) is 4.90 Å². The molecule has 0 saturated carbocycles. The molecule has 0 aliphatic carbocycles. The zero-order valence-electron chi connectivity index (χ0n) is 11.7. The van der Waals surface area contributed by atoms with Crippen LogP contribution in [0.5, 0.6) is 0 Å². The summed E-state index contributed by atoms with van der Waals surface area (Å²) < 4.78 is 17.7. The molecule has 0 amide bonds. The number of hydrogen-bond donors (Lipinski definition) is 0. The Bertz CT molecular complexity index is 204. The molecule has 1 aliphatic rings. The summed E-state index contributed by atoms with van der Waals surface area (Å²) in [5, 5.41) is 0. The normalized spacial score (nSPS) is 22.4. The van der Waals surface area contributed by atoms with Crippen LogP contribution in [-0.4, -0.2) is 63.5 Å². The summed E-state index contributed by atoms with van der Waals surface area (Å²) >= 11 is -3.14. The molecule has 0 N–H and O–H groups in total. The van der Waals surface area contributed by atoms with Crippen molar-refractivity contribution >= 4 is 19.6 Å². The summed E-state index contributed by atoms with van der Waals surface area (Å²) in [6.07, 6.45) is 2.70. The monoisotopic (exact) mass is 353 g/mol. The van der Waals surface area contributed by atoms with Gasteiger partial charge >= 0.3 is 111 Å². The van der Waals surface area contributed by atoms with Gasteiger partial charge in [-0.05, 0) is 0 Å². The van der Waals surface area contributed by atoms with Crippen LogP contribution in [0.15, 0.2) is 0 Å². The van der Waals surface area contributed by atoms with Gasteiger partial charge in [-0.2, -0.15) is 0 Å². The van der Waals surface area contributed by atoms with Crippen LogP contribution < -0.4 is 0 Å².